The van der Waals surface area contributed by atoms with Gasteiger partial charge in [0.25, 0.3) is 0 Å². The predicted molar refractivity (Wildman–Crippen MR) is 69.9 cm³/mol. The number of pyridine rings is 1. The van der Waals surface area contributed by atoms with E-state index in [2.05, 4.69) is 25.9 Å². The molecule has 2 aromatic heterocycles. The predicted octanol–water partition coefficient (Wildman–Crippen LogP) is 3.46. The smallest absolute Gasteiger partial charge is 0.347 e. The Hall–Kier alpha value is -0.920. The summed E-state index contributed by atoms with van der Waals surface area (Å²) in [6.07, 6.45) is 1.70. The van der Waals surface area contributed by atoms with E-state index < -0.39 is 5.97 Å². The van der Waals surface area contributed by atoms with Crippen molar-refractivity contribution < 1.29 is 9.90 Å². The van der Waals surface area contributed by atoms with E-state index in [4.69, 9.17) is 5.11 Å². The summed E-state index contributed by atoms with van der Waals surface area (Å²) in [5.41, 5.74) is 0.544. The summed E-state index contributed by atoms with van der Waals surface area (Å²) < 4.78 is 1.60. The van der Waals surface area contributed by atoms with Crippen LogP contribution in [0, 0.1) is 6.92 Å². The first-order valence-corrected chi connectivity index (χ1v) is 6.99. The van der Waals surface area contributed by atoms with E-state index in [0.717, 1.165) is 9.50 Å². The molecule has 4 nitrogen and oxygen atoms in total. The SMILES string of the molecule is Cc1nc(Sc2ccc(Br)cn2)sc1C(=O)O. The van der Waals surface area contributed by atoms with E-state index in [1.807, 2.05) is 12.1 Å². The summed E-state index contributed by atoms with van der Waals surface area (Å²) in [7, 11) is 0. The first-order chi connectivity index (χ1) is 8.06. The van der Waals surface area contributed by atoms with Gasteiger partial charge in [-0.2, -0.15) is 0 Å². The zero-order valence-corrected chi connectivity index (χ0v) is 11.9. The second-order valence-corrected chi connectivity index (χ2v) is 6.30. The minimum absolute atomic E-state index is 0.282. The van der Waals surface area contributed by atoms with Gasteiger partial charge < -0.3 is 5.11 Å². The van der Waals surface area contributed by atoms with Crippen LogP contribution in [-0.4, -0.2) is 21.0 Å². The molecule has 1 N–H and O–H groups in total. The van der Waals surface area contributed by atoms with Crippen molar-refractivity contribution in [2.24, 2.45) is 0 Å². The van der Waals surface area contributed by atoms with Crippen LogP contribution < -0.4 is 0 Å². The number of hydrogen-bond donors (Lipinski definition) is 1. The van der Waals surface area contributed by atoms with Gasteiger partial charge in [0.05, 0.1) is 5.69 Å². The molecule has 0 bridgehead atoms. The topological polar surface area (TPSA) is 63.1 Å². The summed E-state index contributed by atoms with van der Waals surface area (Å²) >= 11 is 5.83. The van der Waals surface area contributed by atoms with Gasteiger partial charge in [-0.3, -0.25) is 0 Å². The molecule has 0 aliphatic heterocycles. The maximum atomic E-state index is 10.9. The molecule has 0 saturated heterocycles. The van der Waals surface area contributed by atoms with E-state index in [-0.39, 0.29) is 4.88 Å². The van der Waals surface area contributed by atoms with Crippen molar-refractivity contribution >= 4 is 45.0 Å². The second kappa shape index (κ2) is 5.16. The molecule has 0 atom stereocenters. The van der Waals surface area contributed by atoms with Gasteiger partial charge in [-0.1, -0.05) is 11.3 Å². The molecule has 88 valence electrons. The van der Waals surface area contributed by atoms with Gasteiger partial charge >= 0.3 is 5.97 Å². The Morgan fingerprint density at radius 3 is 2.82 bits per heavy atom. The molecule has 17 heavy (non-hydrogen) atoms. The average molecular weight is 331 g/mol. The number of aromatic carboxylic acids is 1. The second-order valence-electron chi connectivity index (χ2n) is 3.12. The van der Waals surface area contributed by atoms with E-state index in [0.29, 0.717) is 10.0 Å². The maximum Gasteiger partial charge on any atom is 0.347 e. The number of halogens is 1. The lowest BCUT2D eigenvalue weighted by Crippen LogP contribution is -1.94. The summed E-state index contributed by atoms with van der Waals surface area (Å²) in [5.74, 6) is -0.935. The number of aryl methyl sites for hydroxylation is 1. The van der Waals surface area contributed by atoms with Crippen LogP contribution in [0.1, 0.15) is 15.4 Å². The number of carboxylic acid groups (broad SMARTS) is 1. The minimum atomic E-state index is -0.935. The lowest BCUT2D eigenvalue weighted by Gasteiger charge is -1.95. The van der Waals surface area contributed by atoms with Gasteiger partial charge in [0.1, 0.15) is 9.90 Å². The molecule has 2 aromatic rings. The van der Waals surface area contributed by atoms with Crippen molar-refractivity contribution in [1.82, 2.24) is 9.97 Å². The minimum Gasteiger partial charge on any atom is -0.477 e. The Kier molecular flexibility index (Phi) is 3.80. The van der Waals surface area contributed by atoms with Gasteiger partial charge in [0.15, 0.2) is 4.34 Å². The molecule has 0 aliphatic rings. The summed E-state index contributed by atoms with van der Waals surface area (Å²) in [6.45, 7) is 1.69. The first kappa shape index (κ1) is 12.5. The molecule has 7 heteroatoms. The van der Waals surface area contributed by atoms with Crippen LogP contribution in [0.2, 0.25) is 0 Å². The number of rotatable bonds is 3. The fourth-order valence-electron chi connectivity index (χ4n) is 1.13. The van der Waals surface area contributed by atoms with Crippen molar-refractivity contribution in [2.45, 2.75) is 16.3 Å². The third-order valence-electron chi connectivity index (χ3n) is 1.86. The molecule has 0 fully saturated rings. The molecule has 2 heterocycles. The van der Waals surface area contributed by atoms with Gasteiger partial charge in [-0.05, 0) is 46.7 Å². The Labute approximate surface area is 114 Å². The Morgan fingerprint density at radius 2 is 2.29 bits per heavy atom. The molecular weight excluding hydrogens is 324 g/mol. The van der Waals surface area contributed by atoms with Crippen LogP contribution in [0.25, 0.3) is 0 Å². The van der Waals surface area contributed by atoms with Crippen molar-refractivity contribution in [2.75, 3.05) is 0 Å². The zero-order valence-electron chi connectivity index (χ0n) is 8.68. The number of carbonyl (C=O) groups is 1. The average Bonchev–Trinajstić information content (AvgIpc) is 2.63. The Balaban J connectivity index is 2.22. The lowest BCUT2D eigenvalue weighted by molar-refractivity contribution is 0.0701. The van der Waals surface area contributed by atoms with Gasteiger partial charge in [0.2, 0.25) is 0 Å². The van der Waals surface area contributed by atoms with Crippen molar-refractivity contribution in [3.63, 3.8) is 0 Å². The molecule has 0 aliphatic carbocycles. The maximum absolute atomic E-state index is 10.9. The van der Waals surface area contributed by atoms with E-state index >= 15 is 0 Å². The number of thiazole rings is 1. The molecule has 2 rings (SSSR count). The highest BCUT2D eigenvalue weighted by Gasteiger charge is 2.14. The largest absolute Gasteiger partial charge is 0.477 e. The summed E-state index contributed by atoms with van der Waals surface area (Å²) in [5, 5.41) is 9.71. The highest BCUT2D eigenvalue weighted by molar-refractivity contribution is 9.10. The third kappa shape index (κ3) is 3.05. The highest BCUT2D eigenvalue weighted by atomic mass is 79.9. The van der Waals surface area contributed by atoms with E-state index in [9.17, 15) is 4.79 Å². The van der Waals surface area contributed by atoms with Crippen LogP contribution in [0.5, 0.6) is 0 Å². The molecule has 0 saturated carbocycles. The number of carboxylic acids is 1. The molecule has 0 amide bonds. The quantitative estimate of drug-likeness (QED) is 0.933. The van der Waals surface area contributed by atoms with Crippen LogP contribution >= 0.6 is 39.0 Å². The van der Waals surface area contributed by atoms with E-state index in [1.54, 1.807) is 13.1 Å². The molecule has 0 aromatic carbocycles. The van der Waals surface area contributed by atoms with Crippen LogP contribution in [0.4, 0.5) is 0 Å². The Bertz CT molecular complexity index is 554. The van der Waals surface area contributed by atoms with Gasteiger partial charge in [0, 0.05) is 10.7 Å². The standard InChI is InChI=1S/C10H7BrN2O2S2/c1-5-8(9(14)15)17-10(13-5)16-7-3-2-6(11)4-12-7/h2-4H,1H3,(H,14,15). The highest BCUT2D eigenvalue weighted by Crippen LogP contribution is 2.32. The summed E-state index contributed by atoms with van der Waals surface area (Å²) in [6, 6.07) is 3.74. The normalized spacial score (nSPS) is 10.5. The van der Waals surface area contributed by atoms with Crippen molar-refractivity contribution in [3.05, 3.63) is 33.4 Å². The molecule has 0 spiro atoms. The third-order valence-corrected chi connectivity index (χ3v) is 4.49. The Morgan fingerprint density at radius 1 is 1.53 bits per heavy atom. The zero-order chi connectivity index (χ0) is 12.4. The first-order valence-electron chi connectivity index (χ1n) is 4.56. The van der Waals surface area contributed by atoms with Gasteiger partial charge in [-0.15, -0.1) is 0 Å². The lowest BCUT2D eigenvalue weighted by atomic mass is 10.4. The van der Waals surface area contributed by atoms with E-state index in [1.165, 1.54) is 23.1 Å². The van der Waals surface area contributed by atoms with Gasteiger partial charge in [-0.25, -0.2) is 14.8 Å². The molecule has 0 unspecified atom stereocenters. The fourth-order valence-corrected chi connectivity index (χ4v) is 3.27. The van der Waals surface area contributed by atoms with Crippen LogP contribution in [0.15, 0.2) is 32.2 Å². The summed E-state index contributed by atoms with van der Waals surface area (Å²) in [4.78, 5) is 19.5. The molecule has 0 radical (unpaired) electrons. The van der Waals surface area contributed by atoms with Crippen molar-refractivity contribution in [1.29, 1.82) is 0 Å². The van der Waals surface area contributed by atoms with Crippen molar-refractivity contribution in [3.8, 4) is 0 Å². The molecular formula is C10H7BrN2O2S2. The number of nitrogens with zero attached hydrogens (tertiary/aromatic N) is 2. The van der Waals surface area contributed by atoms with Crippen LogP contribution in [0.3, 0.4) is 0 Å². The van der Waals surface area contributed by atoms with Crippen LogP contribution in [-0.2, 0) is 0 Å². The monoisotopic (exact) mass is 330 g/mol. The fraction of sp³-hybridized carbons (Fsp3) is 0.100. The number of hydrogen-bond acceptors (Lipinski definition) is 5. The number of aromatic nitrogens is 2.